The van der Waals surface area contributed by atoms with Crippen LogP contribution in [0.3, 0.4) is 0 Å². The van der Waals surface area contributed by atoms with Crippen LogP contribution < -0.4 is 5.32 Å². The van der Waals surface area contributed by atoms with Crippen molar-refractivity contribution in [3.8, 4) is 0 Å². The number of anilines is 1. The Bertz CT molecular complexity index is 594. The second-order valence-corrected chi connectivity index (χ2v) is 5.55. The summed E-state index contributed by atoms with van der Waals surface area (Å²) in [4.78, 5) is 15.3. The van der Waals surface area contributed by atoms with Crippen molar-refractivity contribution in [2.24, 2.45) is 0 Å². The van der Waals surface area contributed by atoms with Crippen LogP contribution in [0.5, 0.6) is 0 Å². The molecule has 98 valence electrons. The van der Waals surface area contributed by atoms with Gasteiger partial charge in [0.2, 0.25) is 0 Å². The molecule has 19 heavy (non-hydrogen) atoms. The molecule has 1 unspecified atom stereocenters. The van der Waals surface area contributed by atoms with Gasteiger partial charge in [0.05, 0.1) is 11.7 Å². The third-order valence-electron chi connectivity index (χ3n) is 3.33. The third-order valence-corrected chi connectivity index (χ3v) is 4.32. The Labute approximate surface area is 114 Å². The van der Waals surface area contributed by atoms with Crippen LogP contribution in [0, 0.1) is 10.1 Å². The van der Waals surface area contributed by atoms with Crippen molar-refractivity contribution < 1.29 is 4.92 Å². The summed E-state index contributed by atoms with van der Waals surface area (Å²) < 4.78 is 0. The first-order valence-corrected chi connectivity index (χ1v) is 7.05. The van der Waals surface area contributed by atoms with E-state index in [2.05, 4.69) is 21.7 Å². The molecule has 0 spiro atoms. The summed E-state index contributed by atoms with van der Waals surface area (Å²) in [6, 6.07) is 5.60. The first-order valence-electron chi connectivity index (χ1n) is 6.17. The highest BCUT2D eigenvalue weighted by molar-refractivity contribution is 7.10. The topological polar surface area (TPSA) is 68.1 Å². The largest absolute Gasteiger partial charge is 0.375 e. The van der Waals surface area contributed by atoms with Crippen molar-refractivity contribution in [3.05, 3.63) is 50.3 Å². The molecule has 0 aliphatic heterocycles. The summed E-state index contributed by atoms with van der Waals surface area (Å²) in [7, 11) is 0. The summed E-state index contributed by atoms with van der Waals surface area (Å²) in [5, 5.41) is 16.1. The van der Waals surface area contributed by atoms with Gasteiger partial charge in [-0.25, -0.2) is 0 Å². The highest BCUT2D eigenvalue weighted by Crippen LogP contribution is 2.35. The van der Waals surface area contributed by atoms with E-state index >= 15 is 0 Å². The van der Waals surface area contributed by atoms with E-state index in [4.69, 9.17) is 0 Å². The van der Waals surface area contributed by atoms with Crippen LogP contribution in [0.15, 0.2) is 29.8 Å². The maximum atomic E-state index is 10.6. The number of fused-ring (bicyclic) bond motifs is 1. The summed E-state index contributed by atoms with van der Waals surface area (Å²) in [6.45, 7) is 0. The van der Waals surface area contributed by atoms with Crippen LogP contribution in [0.4, 0.5) is 11.5 Å². The zero-order chi connectivity index (χ0) is 13.2. The molecule has 2 heterocycles. The van der Waals surface area contributed by atoms with Crippen molar-refractivity contribution in [1.82, 2.24) is 4.98 Å². The summed E-state index contributed by atoms with van der Waals surface area (Å²) >= 11 is 1.80. The maximum absolute atomic E-state index is 10.6. The van der Waals surface area contributed by atoms with E-state index in [0.29, 0.717) is 6.04 Å². The SMILES string of the molecule is O=[N+]([O-])c1ccc(NC2CCCc3sccc32)cn1. The Hall–Kier alpha value is -1.95. The number of aromatic nitrogens is 1. The molecular weight excluding hydrogens is 262 g/mol. The second-order valence-electron chi connectivity index (χ2n) is 4.55. The minimum absolute atomic E-state index is 0.120. The molecule has 1 aliphatic carbocycles. The van der Waals surface area contributed by atoms with Gasteiger partial charge >= 0.3 is 5.82 Å². The molecule has 1 N–H and O–H groups in total. The van der Waals surface area contributed by atoms with Gasteiger partial charge in [0.15, 0.2) is 6.20 Å². The maximum Gasteiger partial charge on any atom is 0.363 e. The summed E-state index contributed by atoms with van der Waals surface area (Å²) in [5.41, 5.74) is 2.18. The normalized spacial score (nSPS) is 17.8. The van der Waals surface area contributed by atoms with Gasteiger partial charge in [0, 0.05) is 10.9 Å². The molecule has 0 saturated carbocycles. The third kappa shape index (κ3) is 2.44. The fraction of sp³-hybridized carbons (Fsp3) is 0.308. The molecule has 6 heteroatoms. The number of hydrogen-bond donors (Lipinski definition) is 1. The molecule has 2 aromatic rings. The van der Waals surface area contributed by atoms with E-state index in [1.165, 1.54) is 29.1 Å². The molecule has 1 atom stereocenters. The zero-order valence-electron chi connectivity index (χ0n) is 10.2. The minimum atomic E-state index is -0.485. The van der Waals surface area contributed by atoms with Crippen LogP contribution in [0.25, 0.3) is 0 Å². The Morgan fingerprint density at radius 3 is 3.05 bits per heavy atom. The van der Waals surface area contributed by atoms with Crippen molar-refractivity contribution in [2.75, 3.05) is 5.32 Å². The number of pyridine rings is 1. The Balaban J connectivity index is 1.78. The zero-order valence-corrected chi connectivity index (χ0v) is 11.0. The second kappa shape index (κ2) is 4.97. The predicted molar refractivity (Wildman–Crippen MR) is 74.5 cm³/mol. The molecule has 0 amide bonds. The van der Waals surface area contributed by atoms with E-state index in [-0.39, 0.29) is 5.82 Å². The standard InChI is InChI=1S/C13H13N3O2S/c17-16(18)13-5-4-9(8-14-13)15-11-2-1-3-12-10(11)6-7-19-12/h4-8,11,15H,1-3H2. The van der Waals surface area contributed by atoms with E-state index in [1.54, 1.807) is 17.4 Å². The number of nitrogens with one attached hydrogen (secondary N) is 1. The molecule has 0 bridgehead atoms. The van der Waals surface area contributed by atoms with E-state index in [0.717, 1.165) is 18.5 Å². The van der Waals surface area contributed by atoms with Crippen LogP contribution in [-0.2, 0) is 6.42 Å². The van der Waals surface area contributed by atoms with Gasteiger partial charge in [-0.3, -0.25) is 0 Å². The molecule has 1 aliphatic rings. The first-order chi connectivity index (χ1) is 9.24. The van der Waals surface area contributed by atoms with Crippen molar-refractivity contribution in [2.45, 2.75) is 25.3 Å². The van der Waals surface area contributed by atoms with Gasteiger partial charge in [-0.2, -0.15) is 0 Å². The molecule has 5 nitrogen and oxygen atoms in total. The smallest absolute Gasteiger partial charge is 0.363 e. The fourth-order valence-electron chi connectivity index (χ4n) is 2.42. The molecule has 3 rings (SSSR count). The Kier molecular flexibility index (Phi) is 3.16. The van der Waals surface area contributed by atoms with Crippen LogP contribution >= 0.6 is 11.3 Å². The predicted octanol–water partition coefficient (Wildman–Crippen LogP) is 3.54. The monoisotopic (exact) mass is 275 g/mol. The van der Waals surface area contributed by atoms with E-state index in [1.807, 2.05) is 0 Å². The lowest BCUT2D eigenvalue weighted by atomic mass is 9.94. The summed E-state index contributed by atoms with van der Waals surface area (Å²) in [6.07, 6.45) is 4.94. The highest BCUT2D eigenvalue weighted by atomic mass is 32.1. The average Bonchev–Trinajstić information content (AvgIpc) is 2.89. The molecule has 2 aromatic heterocycles. The van der Waals surface area contributed by atoms with Gasteiger partial charge in [-0.05, 0) is 52.2 Å². The minimum Gasteiger partial charge on any atom is -0.375 e. The van der Waals surface area contributed by atoms with Crippen molar-refractivity contribution >= 4 is 22.8 Å². The van der Waals surface area contributed by atoms with Crippen LogP contribution in [0.1, 0.15) is 29.3 Å². The first kappa shape index (κ1) is 12.1. The lowest BCUT2D eigenvalue weighted by Gasteiger charge is -2.24. The van der Waals surface area contributed by atoms with Gasteiger partial charge in [0.1, 0.15) is 0 Å². The van der Waals surface area contributed by atoms with E-state index < -0.39 is 4.92 Å². The average molecular weight is 275 g/mol. The lowest BCUT2D eigenvalue weighted by Crippen LogP contribution is -2.15. The number of thiophene rings is 1. The van der Waals surface area contributed by atoms with E-state index in [9.17, 15) is 10.1 Å². The van der Waals surface area contributed by atoms with Crippen molar-refractivity contribution in [3.63, 3.8) is 0 Å². The van der Waals surface area contributed by atoms with Gasteiger partial charge in [-0.1, -0.05) is 0 Å². The van der Waals surface area contributed by atoms with Crippen molar-refractivity contribution in [1.29, 1.82) is 0 Å². The Morgan fingerprint density at radius 1 is 1.42 bits per heavy atom. The number of nitro groups is 1. The molecule has 0 fully saturated rings. The van der Waals surface area contributed by atoms with Gasteiger partial charge in [0.25, 0.3) is 0 Å². The fourth-order valence-corrected chi connectivity index (χ4v) is 3.40. The quantitative estimate of drug-likeness (QED) is 0.687. The molecule has 0 radical (unpaired) electrons. The number of rotatable bonds is 3. The van der Waals surface area contributed by atoms with Gasteiger partial charge < -0.3 is 15.4 Å². The Morgan fingerprint density at radius 2 is 2.32 bits per heavy atom. The number of hydrogen-bond acceptors (Lipinski definition) is 5. The lowest BCUT2D eigenvalue weighted by molar-refractivity contribution is -0.389. The van der Waals surface area contributed by atoms with Gasteiger partial charge in [-0.15, -0.1) is 11.3 Å². The number of aryl methyl sites for hydroxylation is 1. The summed E-state index contributed by atoms with van der Waals surface area (Å²) in [5.74, 6) is -0.120. The molecule has 0 aromatic carbocycles. The highest BCUT2D eigenvalue weighted by Gasteiger charge is 2.21. The molecular formula is C13H13N3O2S. The number of nitrogens with zero attached hydrogens (tertiary/aromatic N) is 2. The van der Waals surface area contributed by atoms with Crippen LogP contribution in [0.2, 0.25) is 0 Å². The molecule has 0 saturated heterocycles. The van der Waals surface area contributed by atoms with Crippen LogP contribution in [-0.4, -0.2) is 9.91 Å².